The van der Waals surface area contributed by atoms with Gasteiger partial charge in [0.2, 0.25) is 0 Å². The first-order valence-electron chi connectivity index (χ1n) is 6.06. The molecule has 0 aliphatic carbocycles. The number of carbonyl (C=O) groups is 1. The zero-order valence-corrected chi connectivity index (χ0v) is 14.6. The first-order valence-corrected chi connectivity index (χ1v) is 6.06. The van der Waals surface area contributed by atoms with E-state index in [1.54, 1.807) is 20.8 Å². The number of carboxylic acids is 1. The van der Waals surface area contributed by atoms with Crippen molar-refractivity contribution in [1.82, 2.24) is 0 Å². The predicted octanol–water partition coefficient (Wildman–Crippen LogP) is 1.64. The van der Waals surface area contributed by atoms with E-state index in [4.69, 9.17) is 20.4 Å². The van der Waals surface area contributed by atoms with Crippen LogP contribution in [0.1, 0.15) is 53.4 Å². The number of rotatable bonds is 4. The number of hydrogen-bond acceptors (Lipinski definition) is 4. The summed E-state index contributed by atoms with van der Waals surface area (Å²) in [5.41, 5.74) is 0. The molecule has 0 aromatic heterocycles. The van der Waals surface area contributed by atoms with Gasteiger partial charge in [-0.15, -0.1) is 0 Å². The Morgan fingerprint density at radius 1 is 0.833 bits per heavy atom. The van der Waals surface area contributed by atoms with Gasteiger partial charge in [0.1, 0.15) is 0 Å². The molecular weight excluding hydrogens is 315 g/mol. The molecule has 0 rings (SSSR count). The molecule has 0 aromatic rings. The Morgan fingerprint density at radius 2 is 1.11 bits per heavy atom. The van der Waals surface area contributed by atoms with Crippen molar-refractivity contribution in [2.24, 2.45) is 0 Å². The number of aliphatic hydroxyl groups is 3. The van der Waals surface area contributed by atoms with E-state index < -0.39 is 5.97 Å². The summed E-state index contributed by atoms with van der Waals surface area (Å²) in [5, 5.41) is 30.8. The second-order valence-electron chi connectivity index (χ2n) is 2.80. The largest absolute Gasteiger partial charge is 0.481 e. The summed E-state index contributed by atoms with van der Waals surface area (Å²) in [7, 11) is 0. The molecule has 112 valence electrons. The van der Waals surface area contributed by atoms with Crippen LogP contribution in [0.2, 0.25) is 0 Å². The normalized spacial score (nSPS) is 7.06. The van der Waals surface area contributed by atoms with Crippen molar-refractivity contribution in [3.63, 3.8) is 0 Å². The van der Waals surface area contributed by atoms with Crippen LogP contribution in [-0.4, -0.2) is 46.2 Å². The van der Waals surface area contributed by atoms with Gasteiger partial charge in [-0.2, -0.15) is 0 Å². The van der Waals surface area contributed by atoms with Crippen molar-refractivity contribution >= 4 is 5.97 Å². The van der Waals surface area contributed by atoms with E-state index >= 15 is 0 Å². The van der Waals surface area contributed by atoms with Crippen LogP contribution < -0.4 is 0 Å². The van der Waals surface area contributed by atoms with Crippen molar-refractivity contribution < 1.29 is 51.4 Å². The van der Waals surface area contributed by atoms with Gasteiger partial charge >= 0.3 is 5.97 Å². The molecule has 0 radical (unpaired) electrons. The van der Waals surface area contributed by atoms with Crippen molar-refractivity contribution in [1.29, 1.82) is 0 Å². The molecule has 5 nitrogen and oxygen atoms in total. The fraction of sp³-hybridized carbons (Fsp3) is 0.917. The van der Waals surface area contributed by atoms with Gasteiger partial charge in [0, 0.05) is 52.4 Å². The number of hydrogen-bond donors (Lipinski definition) is 4. The molecule has 0 aromatic carbocycles. The zero-order valence-electron chi connectivity index (χ0n) is 12.1. The Balaban J connectivity index is -0.0000000477. The minimum absolute atomic E-state index is 0. The maximum absolute atomic E-state index is 9.87. The number of aliphatic hydroxyl groups excluding tert-OH is 3. The molecule has 0 atom stereocenters. The third-order valence-electron chi connectivity index (χ3n) is 0.994. The quantitative estimate of drug-likeness (QED) is 0.581. The first kappa shape index (κ1) is 30.9. The Labute approximate surface area is 130 Å². The molecule has 0 saturated heterocycles. The van der Waals surface area contributed by atoms with E-state index in [9.17, 15) is 4.79 Å². The van der Waals surface area contributed by atoms with Gasteiger partial charge in [0.05, 0.1) is 0 Å². The standard InChI is InChI=1S/C6H12O2.3C2H6O.Zr/c1-2-3-4-5-6(7)8;3*1-2-3;/h2-5H2,1H3,(H,7,8);3*3H,2H2,1H3;. The van der Waals surface area contributed by atoms with E-state index in [2.05, 4.69) is 6.92 Å². The molecule has 0 aliphatic rings. The Bertz CT molecular complexity index is 108. The summed E-state index contributed by atoms with van der Waals surface area (Å²) >= 11 is 0. The fourth-order valence-electron chi connectivity index (χ4n) is 0.526. The number of carboxylic acid groups (broad SMARTS) is 1. The molecule has 0 amide bonds. The molecule has 0 fully saturated rings. The van der Waals surface area contributed by atoms with Gasteiger partial charge in [-0.3, -0.25) is 4.79 Å². The van der Waals surface area contributed by atoms with E-state index in [1.807, 2.05) is 0 Å². The van der Waals surface area contributed by atoms with Crippen LogP contribution >= 0.6 is 0 Å². The van der Waals surface area contributed by atoms with Gasteiger partial charge < -0.3 is 20.4 Å². The maximum atomic E-state index is 9.87. The van der Waals surface area contributed by atoms with Crippen molar-refractivity contribution in [3.8, 4) is 0 Å². The molecule has 6 heteroatoms. The van der Waals surface area contributed by atoms with Crippen LogP contribution in [0.4, 0.5) is 0 Å². The summed E-state index contributed by atoms with van der Waals surface area (Å²) in [4.78, 5) is 9.87. The Hall–Kier alpha value is 0.233. The summed E-state index contributed by atoms with van der Waals surface area (Å²) < 4.78 is 0. The third-order valence-corrected chi connectivity index (χ3v) is 0.994. The molecule has 0 unspecified atom stereocenters. The molecule has 0 bridgehead atoms. The Morgan fingerprint density at radius 3 is 1.28 bits per heavy atom. The summed E-state index contributed by atoms with van der Waals surface area (Å²) in [6, 6.07) is 0. The van der Waals surface area contributed by atoms with Crippen LogP contribution in [0.3, 0.4) is 0 Å². The zero-order chi connectivity index (χ0) is 14.5. The molecule has 0 saturated carbocycles. The second kappa shape index (κ2) is 43.4. The molecule has 18 heavy (non-hydrogen) atoms. The average molecular weight is 346 g/mol. The van der Waals surface area contributed by atoms with Gasteiger partial charge in [0.15, 0.2) is 0 Å². The number of unbranched alkanes of at least 4 members (excludes halogenated alkanes) is 2. The topological polar surface area (TPSA) is 98.0 Å². The predicted molar refractivity (Wildman–Crippen MR) is 70.1 cm³/mol. The maximum Gasteiger partial charge on any atom is 0.303 e. The van der Waals surface area contributed by atoms with E-state index in [1.165, 1.54) is 0 Å². The molecule has 0 aliphatic heterocycles. The fourth-order valence-corrected chi connectivity index (χ4v) is 0.526. The molecule has 0 heterocycles. The van der Waals surface area contributed by atoms with E-state index in [0.29, 0.717) is 6.42 Å². The average Bonchev–Trinajstić information content (AvgIpc) is 2.21. The van der Waals surface area contributed by atoms with Crippen molar-refractivity contribution in [2.75, 3.05) is 19.8 Å². The molecule has 4 N–H and O–H groups in total. The van der Waals surface area contributed by atoms with Crippen LogP contribution in [-0.2, 0) is 31.0 Å². The SMILES string of the molecule is CCCCCC(=O)O.CCO.CCO.CCO.[Zr]. The van der Waals surface area contributed by atoms with E-state index in [0.717, 1.165) is 19.3 Å². The van der Waals surface area contributed by atoms with Crippen molar-refractivity contribution in [3.05, 3.63) is 0 Å². The van der Waals surface area contributed by atoms with Crippen LogP contribution in [0.5, 0.6) is 0 Å². The van der Waals surface area contributed by atoms with Crippen LogP contribution in [0, 0.1) is 0 Å². The van der Waals surface area contributed by atoms with Crippen LogP contribution in [0.15, 0.2) is 0 Å². The smallest absolute Gasteiger partial charge is 0.303 e. The minimum Gasteiger partial charge on any atom is -0.481 e. The van der Waals surface area contributed by atoms with Gasteiger partial charge in [0.25, 0.3) is 0 Å². The summed E-state index contributed by atoms with van der Waals surface area (Å²) in [6.07, 6.45) is 3.28. The Kier molecular flexibility index (Phi) is 74.5. The first-order chi connectivity index (χ1) is 8.01. The second-order valence-corrected chi connectivity index (χ2v) is 2.80. The summed E-state index contributed by atoms with van der Waals surface area (Å²) in [5.74, 6) is -0.682. The minimum atomic E-state index is -0.682. The van der Waals surface area contributed by atoms with Gasteiger partial charge in [-0.25, -0.2) is 0 Å². The van der Waals surface area contributed by atoms with Crippen LogP contribution in [0.25, 0.3) is 0 Å². The number of aliphatic carboxylic acids is 1. The van der Waals surface area contributed by atoms with Gasteiger partial charge in [-0.1, -0.05) is 19.8 Å². The molecule has 0 spiro atoms. The molecular formula is C12H30O5Zr. The van der Waals surface area contributed by atoms with Gasteiger partial charge in [-0.05, 0) is 27.2 Å². The monoisotopic (exact) mass is 344 g/mol. The van der Waals surface area contributed by atoms with E-state index in [-0.39, 0.29) is 46.0 Å². The summed E-state index contributed by atoms with van der Waals surface area (Å²) in [6.45, 7) is 7.85. The third kappa shape index (κ3) is 138. The van der Waals surface area contributed by atoms with Crippen molar-refractivity contribution in [2.45, 2.75) is 53.4 Å².